The van der Waals surface area contributed by atoms with Crippen molar-refractivity contribution in [3.63, 3.8) is 0 Å². The summed E-state index contributed by atoms with van der Waals surface area (Å²) in [7, 11) is 0. The Bertz CT molecular complexity index is 317. The molecule has 1 aromatic carbocycles. The van der Waals surface area contributed by atoms with E-state index in [4.69, 9.17) is 5.53 Å². The summed E-state index contributed by atoms with van der Waals surface area (Å²) >= 11 is 0. The number of hydrogen-bond acceptors (Lipinski definition) is 2. The second-order valence-corrected chi connectivity index (χ2v) is 2.53. The first kappa shape index (κ1) is 9.29. The molecule has 0 radical (unpaired) electrons. The first-order chi connectivity index (χ1) is 6.38. The van der Waals surface area contributed by atoms with Crippen molar-refractivity contribution in [1.29, 1.82) is 0 Å². The van der Waals surface area contributed by atoms with E-state index in [0.717, 1.165) is 11.8 Å². The van der Waals surface area contributed by atoms with E-state index in [1.165, 1.54) is 0 Å². The topological polar surface area (TPSA) is 65.8 Å². The zero-order valence-electron chi connectivity index (χ0n) is 7.00. The molecule has 66 valence electrons. The molecule has 4 heteroatoms. The molecule has 0 fully saturated rings. The van der Waals surface area contributed by atoms with Crippen LogP contribution in [0.4, 0.5) is 0 Å². The monoisotopic (exact) mass is 175 g/mol. The first-order valence-corrected chi connectivity index (χ1v) is 3.91. The molecule has 0 bridgehead atoms. The van der Waals surface area contributed by atoms with E-state index in [1.54, 1.807) is 0 Å². The molecule has 0 saturated heterocycles. The number of rotatable bonds is 4. The van der Waals surface area contributed by atoms with Crippen molar-refractivity contribution in [3.8, 4) is 0 Å². The predicted molar refractivity (Wildman–Crippen MR) is 49.0 cm³/mol. The quantitative estimate of drug-likeness (QED) is 0.300. The van der Waals surface area contributed by atoms with Crippen molar-refractivity contribution in [2.75, 3.05) is 0 Å². The summed E-state index contributed by atoms with van der Waals surface area (Å²) in [6.45, 7) is 0. The fourth-order valence-corrected chi connectivity index (χ4v) is 1.08. The second-order valence-electron chi connectivity index (χ2n) is 2.53. The van der Waals surface area contributed by atoms with E-state index in [2.05, 4.69) is 10.0 Å². The third-order valence-corrected chi connectivity index (χ3v) is 1.69. The van der Waals surface area contributed by atoms with E-state index in [1.807, 2.05) is 30.3 Å². The smallest absolute Gasteiger partial charge is 0.120 e. The minimum absolute atomic E-state index is 0.230. The van der Waals surface area contributed by atoms with Gasteiger partial charge in [0.05, 0.1) is 6.04 Å². The highest BCUT2D eigenvalue weighted by atomic mass is 16.1. The van der Waals surface area contributed by atoms with Crippen molar-refractivity contribution in [1.82, 2.24) is 0 Å². The van der Waals surface area contributed by atoms with Crippen LogP contribution in [-0.2, 0) is 4.79 Å². The highest BCUT2D eigenvalue weighted by Gasteiger charge is 2.06. The Labute approximate surface area is 75.8 Å². The Morgan fingerprint density at radius 2 is 2.15 bits per heavy atom. The molecule has 0 spiro atoms. The summed E-state index contributed by atoms with van der Waals surface area (Å²) in [4.78, 5) is 13.0. The maximum Gasteiger partial charge on any atom is 0.120 e. The lowest BCUT2D eigenvalue weighted by molar-refractivity contribution is -0.108. The van der Waals surface area contributed by atoms with Crippen LogP contribution in [0.5, 0.6) is 0 Å². The summed E-state index contributed by atoms with van der Waals surface area (Å²) in [6, 6.07) is 8.87. The van der Waals surface area contributed by atoms with Gasteiger partial charge in [-0.25, -0.2) is 0 Å². The molecular formula is C9H9N3O. The van der Waals surface area contributed by atoms with Gasteiger partial charge in [-0.15, -0.1) is 0 Å². The molecule has 0 aliphatic rings. The van der Waals surface area contributed by atoms with E-state index in [9.17, 15) is 4.79 Å². The van der Waals surface area contributed by atoms with Crippen LogP contribution in [-0.4, -0.2) is 6.29 Å². The molecule has 0 aliphatic carbocycles. The lowest BCUT2D eigenvalue weighted by Crippen LogP contribution is -1.94. The molecular weight excluding hydrogens is 166 g/mol. The van der Waals surface area contributed by atoms with Gasteiger partial charge in [0.25, 0.3) is 0 Å². The lowest BCUT2D eigenvalue weighted by atomic mass is 10.1. The number of azide groups is 1. The number of hydrogen-bond donors (Lipinski definition) is 0. The van der Waals surface area contributed by atoms with Crippen LogP contribution < -0.4 is 0 Å². The highest BCUT2D eigenvalue weighted by molar-refractivity contribution is 5.51. The van der Waals surface area contributed by atoms with Gasteiger partial charge in [0.2, 0.25) is 0 Å². The molecule has 0 amide bonds. The summed E-state index contributed by atoms with van der Waals surface area (Å²) in [6.07, 6.45) is 0.987. The molecule has 0 aromatic heterocycles. The van der Waals surface area contributed by atoms with Gasteiger partial charge < -0.3 is 4.79 Å². The van der Waals surface area contributed by atoms with Gasteiger partial charge in [-0.1, -0.05) is 35.4 Å². The molecule has 1 aromatic rings. The van der Waals surface area contributed by atoms with Crippen LogP contribution in [0.25, 0.3) is 10.4 Å². The second kappa shape index (κ2) is 4.95. The molecule has 1 rings (SSSR count). The minimum atomic E-state index is -0.372. The van der Waals surface area contributed by atoms with Gasteiger partial charge in [-0.2, -0.15) is 0 Å². The van der Waals surface area contributed by atoms with Crippen molar-refractivity contribution in [3.05, 3.63) is 46.3 Å². The Kier molecular flexibility index (Phi) is 3.54. The summed E-state index contributed by atoms with van der Waals surface area (Å²) in [5.41, 5.74) is 9.13. The van der Waals surface area contributed by atoms with Crippen LogP contribution in [0.3, 0.4) is 0 Å². The SMILES string of the molecule is [N-]=[N+]=NC(CC=O)c1ccccc1. The van der Waals surface area contributed by atoms with Gasteiger partial charge in [-0.3, -0.25) is 0 Å². The average molecular weight is 175 g/mol. The Morgan fingerprint density at radius 3 is 2.69 bits per heavy atom. The molecule has 0 heterocycles. The third-order valence-electron chi connectivity index (χ3n) is 1.69. The molecule has 1 unspecified atom stereocenters. The Morgan fingerprint density at radius 1 is 1.46 bits per heavy atom. The summed E-state index contributed by atoms with van der Waals surface area (Å²) in [5.74, 6) is 0. The van der Waals surface area contributed by atoms with Crippen LogP contribution in [0.15, 0.2) is 35.4 Å². The Balaban J connectivity index is 2.87. The van der Waals surface area contributed by atoms with Gasteiger partial charge in [0, 0.05) is 11.3 Å². The minimum Gasteiger partial charge on any atom is -0.303 e. The van der Waals surface area contributed by atoms with Gasteiger partial charge in [0.15, 0.2) is 0 Å². The van der Waals surface area contributed by atoms with Crippen LogP contribution in [0, 0.1) is 0 Å². The van der Waals surface area contributed by atoms with Gasteiger partial charge >= 0.3 is 0 Å². The molecule has 0 aliphatic heterocycles. The van der Waals surface area contributed by atoms with Crippen molar-refractivity contribution in [2.24, 2.45) is 5.11 Å². The molecule has 0 saturated carbocycles. The normalized spacial score (nSPS) is 11.4. The van der Waals surface area contributed by atoms with Gasteiger partial charge in [-0.05, 0) is 11.1 Å². The molecule has 0 N–H and O–H groups in total. The number of carbonyl (C=O) groups excluding carboxylic acids is 1. The maximum absolute atomic E-state index is 10.3. The number of carbonyl (C=O) groups is 1. The summed E-state index contributed by atoms with van der Waals surface area (Å²) < 4.78 is 0. The van der Waals surface area contributed by atoms with E-state index in [-0.39, 0.29) is 12.5 Å². The molecule has 13 heavy (non-hydrogen) atoms. The van der Waals surface area contributed by atoms with E-state index < -0.39 is 0 Å². The largest absolute Gasteiger partial charge is 0.303 e. The fraction of sp³-hybridized carbons (Fsp3) is 0.222. The zero-order valence-corrected chi connectivity index (χ0v) is 7.00. The highest BCUT2D eigenvalue weighted by Crippen LogP contribution is 2.19. The standard InChI is InChI=1S/C9H9N3O/c10-12-11-9(6-7-13)8-4-2-1-3-5-8/h1-5,7,9H,6H2. The van der Waals surface area contributed by atoms with Gasteiger partial charge in [0.1, 0.15) is 6.29 Å². The molecule has 4 nitrogen and oxygen atoms in total. The zero-order chi connectivity index (χ0) is 9.52. The third kappa shape index (κ3) is 2.61. The number of aldehydes is 1. The van der Waals surface area contributed by atoms with Crippen LogP contribution in [0.2, 0.25) is 0 Å². The number of nitrogens with zero attached hydrogens (tertiary/aromatic N) is 3. The van der Waals surface area contributed by atoms with E-state index in [0.29, 0.717) is 0 Å². The Hall–Kier alpha value is -1.80. The van der Waals surface area contributed by atoms with E-state index >= 15 is 0 Å². The van der Waals surface area contributed by atoms with Crippen molar-refractivity contribution in [2.45, 2.75) is 12.5 Å². The average Bonchev–Trinajstić information content (AvgIpc) is 2.19. The van der Waals surface area contributed by atoms with Crippen LogP contribution >= 0.6 is 0 Å². The first-order valence-electron chi connectivity index (χ1n) is 3.91. The van der Waals surface area contributed by atoms with Crippen LogP contribution in [0.1, 0.15) is 18.0 Å². The fourth-order valence-electron chi connectivity index (χ4n) is 1.08. The number of benzene rings is 1. The lowest BCUT2D eigenvalue weighted by Gasteiger charge is -2.06. The van der Waals surface area contributed by atoms with Crippen molar-refractivity contribution < 1.29 is 4.79 Å². The predicted octanol–water partition coefficient (Wildman–Crippen LogP) is 2.63. The summed E-state index contributed by atoms with van der Waals surface area (Å²) in [5, 5.41) is 3.53. The maximum atomic E-state index is 10.3. The molecule has 1 atom stereocenters. The van der Waals surface area contributed by atoms with Crippen molar-refractivity contribution >= 4 is 6.29 Å².